The van der Waals surface area contributed by atoms with Crippen molar-refractivity contribution in [1.29, 1.82) is 0 Å². The van der Waals surface area contributed by atoms with Crippen LogP contribution in [0.15, 0.2) is 54.6 Å². The molecule has 0 fully saturated rings. The van der Waals surface area contributed by atoms with Crippen LogP contribution in [0.2, 0.25) is 0 Å². The molecule has 1 amide bonds. The Morgan fingerprint density at radius 1 is 0.952 bits per heavy atom. The number of rotatable bonds is 7. The smallest absolute Gasteiger partial charge is 0.234 e. The van der Waals surface area contributed by atoms with Gasteiger partial charge in [-0.1, -0.05) is 18.2 Å². The second kappa shape index (κ2) is 7.91. The van der Waals surface area contributed by atoms with Gasteiger partial charge < -0.3 is 9.47 Å². The average molecular weight is 286 g/mol. The van der Waals surface area contributed by atoms with E-state index in [4.69, 9.17) is 15.3 Å². The van der Waals surface area contributed by atoms with Crippen LogP contribution in [-0.2, 0) is 4.79 Å². The van der Waals surface area contributed by atoms with Crippen molar-refractivity contribution in [3.05, 3.63) is 54.6 Å². The molecule has 3 N–H and O–H groups in total. The van der Waals surface area contributed by atoms with Crippen LogP contribution in [0.3, 0.4) is 0 Å². The van der Waals surface area contributed by atoms with Crippen molar-refractivity contribution in [3.63, 3.8) is 0 Å². The lowest BCUT2D eigenvalue weighted by molar-refractivity contribution is -0.121. The van der Waals surface area contributed by atoms with Crippen LogP contribution in [0.1, 0.15) is 12.8 Å². The van der Waals surface area contributed by atoms with Crippen LogP contribution >= 0.6 is 0 Å². The third kappa shape index (κ3) is 5.16. The lowest BCUT2D eigenvalue weighted by Gasteiger charge is -2.08. The number of hydrazine groups is 1. The molecule has 0 aliphatic carbocycles. The average Bonchev–Trinajstić information content (AvgIpc) is 2.54. The number of amides is 1. The summed E-state index contributed by atoms with van der Waals surface area (Å²) < 4.78 is 11.2. The molecule has 0 unspecified atom stereocenters. The highest BCUT2D eigenvalue weighted by Gasteiger charge is 2.00. The van der Waals surface area contributed by atoms with E-state index in [2.05, 4.69) is 5.43 Å². The highest BCUT2D eigenvalue weighted by Crippen LogP contribution is 2.23. The molecule has 0 radical (unpaired) electrons. The van der Waals surface area contributed by atoms with Crippen molar-refractivity contribution in [3.8, 4) is 17.2 Å². The van der Waals surface area contributed by atoms with E-state index in [9.17, 15) is 4.79 Å². The number of para-hydroxylation sites is 1. The molecular weight excluding hydrogens is 268 g/mol. The zero-order valence-electron chi connectivity index (χ0n) is 11.6. The fourth-order valence-electron chi connectivity index (χ4n) is 1.72. The maximum Gasteiger partial charge on any atom is 0.234 e. The number of hydrogen-bond acceptors (Lipinski definition) is 4. The Kier molecular flexibility index (Phi) is 5.60. The van der Waals surface area contributed by atoms with Crippen molar-refractivity contribution >= 4 is 5.91 Å². The lowest BCUT2D eigenvalue weighted by Crippen LogP contribution is -2.29. The fraction of sp³-hybridized carbons (Fsp3) is 0.188. The van der Waals surface area contributed by atoms with E-state index in [1.807, 2.05) is 54.6 Å². The first-order valence-electron chi connectivity index (χ1n) is 6.73. The zero-order chi connectivity index (χ0) is 14.9. The molecule has 0 aromatic heterocycles. The topological polar surface area (TPSA) is 73.6 Å². The molecule has 0 atom stereocenters. The van der Waals surface area contributed by atoms with Gasteiger partial charge in [-0.05, 0) is 42.8 Å². The lowest BCUT2D eigenvalue weighted by atomic mass is 10.3. The minimum atomic E-state index is -0.190. The number of nitrogens with one attached hydrogen (secondary N) is 1. The maximum absolute atomic E-state index is 10.9. The summed E-state index contributed by atoms with van der Waals surface area (Å²) in [4.78, 5) is 10.9. The number of carbonyl (C=O) groups is 1. The molecular formula is C16H18N2O3. The summed E-state index contributed by atoms with van der Waals surface area (Å²) >= 11 is 0. The summed E-state index contributed by atoms with van der Waals surface area (Å²) in [5.74, 6) is 7.08. The van der Waals surface area contributed by atoms with Crippen LogP contribution in [0.4, 0.5) is 0 Å². The Balaban J connectivity index is 1.78. The Labute approximate surface area is 123 Å². The molecule has 0 saturated heterocycles. The molecule has 0 bridgehead atoms. The quantitative estimate of drug-likeness (QED) is 0.355. The van der Waals surface area contributed by atoms with Crippen molar-refractivity contribution in [2.45, 2.75) is 12.8 Å². The highest BCUT2D eigenvalue weighted by atomic mass is 16.5. The van der Waals surface area contributed by atoms with Crippen molar-refractivity contribution < 1.29 is 14.3 Å². The molecule has 0 saturated carbocycles. The number of hydrogen-bond donors (Lipinski definition) is 2. The Hall–Kier alpha value is -2.53. The Morgan fingerprint density at radius 2 is 1.57 bits per heavy atom. The van der Waals surface area contributed by atoms with E-state index in [-0.39, 0.29) is 5.91 Å². The van der Waals surface area contributed by atoms with E-state index < -0.39 is 0 Å². The SMILES string of the molecule is NNC(=O)CCCOc1ccc(Oc2ccccc2)cc1. The van der Waals surface area contributed by atoms with Crippen LogP contribution in [-0.4, -0.2) is 12.5 Å². The first-order valence-corrected chi connectivity index (χ1v) is 6.73. The highest BCUT2D eigenvalue weighted by molar-refractivity contribution is 5.75. The molecule has 2 aromatic rings. The molecule has 110 valence electrons. The summed E-state index contributed by atoms with van der Waals surface area (Å²) in [6.07, 6.45) is 0.969. The summed E-state index contributed by atoms with van der Waals surface area (Å²) in [7, 11) is 0. The Morgan fingerprint density at radius 3 is 2.24 bits per heavy atom. The van der Waals surface area contributed by atoms with Gasteiger partial charge in [-0.25, -0.2) is 5.84 Å². The monoisotopic (exact) mass is 286 g/mol. The van der Waals surface area contributed by atoms with Crippen molar-refractivity contribution in [2.24, 2.45) is 5.84 Å². The maximum atomic E-state index is 10.9. The molecule has 0 aliphatic heterocycles. The van der Waals surface area contributed by atoms with E-state index in [1.165, 1.54) is 0 Å². The number of benzene rings is 2. The minimum absolute atomic E-state index is 0.190. The van der Waals surface area contributed by atoms with E-state index >= 15 is 0 Å². The summed E-state index contributed by atoms with van der Waals surface area (Å²) in [5.41, 5.74) is 2.08. The summed E-state index contributed by atoms with van der Waals surface area (Å²) in [5, 5.41) is 0. The fourth-order valence-corrected chi connectivity index (χ4v) is 1.72. The Bertz CT molecular complexity index is 555. The summed E-state index contributed by atoms with van der Waals surface area (Å²) in [6.45, 7) is 0.465. The van der Waals surface area contributed by atoms with Crippen LogP contribution in [0.5, 0.6) is 17.2 Å². The van der Waals surface area contributed by atoms with Gasteiger partial charge in [0.25, 0.3) is 0 Å². The molecule has 0 heterocycles. The number of carbonyl (C=O) groups excluding carboxylic acids is 1. The normalized spacial score (nSPS) is 9.95. The van der Waals surface area contributed by atoms with Gasteiger partial charge in [-0.2, -0.15) is 0 Å². The molecule has 0 aliphatic rings. The van der Waals surface area contributed by atoms with E-state index in [0.29, 0.717) is 19.4 Å². The predicted octanol–water partition coefficient (Wildman–Crippen LogP) is 2.63. The van der Waals surface area contributed by atoms with Gasteiger partial charge >= 0.3 is 0 Å². The molecule has 5 heteroatoms. The van der Waals surface area contributed by atoms with Crippen molar-refractivity contribution in [2.75, 3.05) is 6.61 Å². The summed E-state index contributed by atoms with van der Waals surface area (Å²) in [6, 6.07) is 16.9. The van der Waals surface area contributed by atoms with E-state index in [1.54, 1.807) is 0 Å². The standard InChI is InChI=1S/C16H18N2O3/c17-18-16(19)7-4-12-20-13-8-10-15(11-9-13)21-14-5-2-1-3-6-14/h1-3,5-6,8-11H,4,7,12,17H2,(H,18,19). The van der Waals surface area contributed by atoms with Gasteiger partial charge in [0.05, 0.1) is 6.61 Å². The van der Waals surface area contributed by atoms with Gasteiger partial charge in [0, 0.05) is 6.42 Å². The second-order valence-corrected chi connectivity index (χ2v) is 4.41. The van der Waals surface area contributed by atoms with Crippen LogP contribution in [0.25, 0.3) is 0 Å². The van der Waals surface area contributed by atoms with Crippen molar-refractivity contribution in [1.82, 2.24) is 5.43 Å². The predicted molar refractivity (Wildman–Crippen MR) is 80.0 cm³/mol. The largest absolute Gasteiger partial charge is 0.494 e. The van der Waals surface area contributed by atoms with E-state index in [0.717, 1.165) is 17.2 Å². The zero-order valence-corrected chi connectivity index (χ0v) is 11.6. The molecule has 5 nitrogen and oxygen atoms in total. The molecule has 21 heavy (non-hydrogen) atoms. The van der Waals surface area contributed by atoms with Gasteiger partial charge in [-0.15, -0.1) is 0 Å². The van der Waals surface area contributed by atoms with Crippen LogP contribution in [0, 0.1) is 0 Å². The van der Waals surface area contributed by atoms with Gasteiger partial charge in [0.15, 0.2) is 0 Å². The molecule has 2 aromatic carbocycles. The van der Waals surface area contributed by atoms with Gasteiger partial charge in [0.2, 0.25) is 5.91 Å². The third-order valence-electron chi connectivity index (χ3n) is 2.78. The third-order valence-corrected chi connectivity index (χ3v) is 2.78. The van der Waals surface area contributed by atoms with Gasteiger partial charge in [-0.3, -0.25) is 10.2 Å². The van der Waals surface area contributed by atoms with Crippen LogP contribution < -0.4 is 20.7 Å². The minimum Gasteiger partial charge on any atom is -0.494 e. The number of nitrogens with two attached hydrogens (primary N) is 1. The number of ether oxygens (including phenoxy) is 2. The molecule has 0 spiro atoms. The molecule has 2 rings (SSSR count). The van der Waals surface area contributed by atoms with Gasteiger partial charge in [0.1, 0.15) is 17.2 Å². The first kappa shape index (κ1) is 14.9. The first-order chi connectivity index (χ1) is 10.3. The second-order valence-electron chi connectivity index (χ2n) is 4.41.